The van der Waals surface area contributed by atoms with Gasteiger partial charge < -0.3 is 4.98 Å². The van der Waals surface area contributed by atoms with Crippen molar-refractivity contribution in [3.05, 3.63) is 130 Å². The van der Waals surface area contributed by atoms with E-state index in [2.05, 4.69) is 43.1 Å². The van der Waals surface area contributed by atoms with E-state index in [0.29, 0.717) is 23.1 Å². The van der Waals surface area contributed by atoms with Crippen LogP contribution in [0.5, 0.6) is 0 Å². The number of nitrogens with one attached hydrogen (secondary N) is 1. The zero-order valence-corrected chi connectivity index (χ0v) is 20.3. The lowest BCUT2D eigenvalue weighted by Crippen LogP contribution is -2.30. The first kappa shape index (κ1) is 22.0. The van der Waals surface area contributed by atoms with E-state index < -0.39 is 0 Å². The molecule has 6 rings (SSSR count). The third kappa shape index (κ3) is 3.89. The maximum atomic E-state index is 14.1. The number of benzene rings is 4. The summed E-state index contributed by atoms with van der Waals surface area (Å²) in [6.07, 6.45) is 0.596. The van der Waals surface area contributed by atoms with Crippen LogP contribution in [-0.2, 0) is 6.42 Å². The van der Waals surface area contributed by atoms with Gasteiger partial charge in [0.2, 0.25) is 0 Å². The highest BCUT2D eigenvalue weighted by atomic mass is 16.1. The molecule has 2 heterocycles. The quantitative estimate of drug-likeness (QED) is 0.318. The minimum absolute atomic E-state index is 0.0757. The Morgan fingerprint density at radius 2 is 1.44 bits per heavy atom. The van der Waals surface area contributed by atoms with Gasteiger partial charge in [-0.15, -0.1) is 0 Å². The molecular formula is C31H26N4O. The molecule has 0 aliphatic rings. The molecule has 0 fully saturated rings. The number of H-pyrrole nitrogens is 1. The Kier molecular flexibility index (Phi) is 5.45. The number of imidazole rings is 1. The normalized spacial score (nSPS) is 12.3. The summed E-state index contributed by atoms with van der Waals surface area (Å²) in [4.78, 5) is 27.7. The van der Waals surface area contributed by atoms with Crippen molar-refractivity contribution in [2.45, 2.75) is 26.3 Å². The fourth-order valence-electron chi connectivity index (χ4n) is 4.82. The molecule has 176 valence electrons. The first-order valence-corrected chi connectivity index (χ1v) is 12.2. The number of nitrogens with zero attached hydrogens (tertiary/aromatic N) is 3. The van der Waals surface area contributed by atoms with Gasteiger partial charge in [-0.05, 0) is 54.8 Å². The Hall–Kier alpha value is -4.51. The van der Waals surface area contributed by atoms with E-state index in [1.165, 1.54) is 11.1 Å². The van der Waals surface area contributed by atoms with Crippen LogP contribution in [0.4, 0.5) is 0 Å². The van der Waals surface area contributed by atoms with Crippen molar-refractivity contribution in [2.24, 2.45) is 0 Å². The number of aryl methyl sites for hydroxylation is 2. The van der Waals surface area contributed by atoms with Crippen molar-refractivity contribution in [1.29, 1.82) is 0 Å². The molecule has 36 heavy (non-hydrogen) atoms. The predicted molar refractivity (Wildman–Crippen MR) is 145 cm³/mol. The second kappa shape index (κ2) is 8.93. The SMILES string of the molecule is Cc1cc2nc(C(Cc3ccccc3)n3c(-c4ccccc4)nc4ccccc4c3=O)[nH]c2cc1C. The number of aromatic amines is 1. The number of fused-ring (bicyclic) bond motifs is 2. The molecular weight excluding hydrogens is 444 g/mol. The summed E-state index contributed by atoms with van der Waals surface area (Å²) in [5.74, 6) is 1.38. The molecule has 0 saturated carbocycles. The predicted octanol–water partition coefficient (Wildman–Crippen LogP) is 6.39. The van der Waals surface area contributed by atoms with Crippen molar-refractivity contribution in [3.63, 3.8) is 0 Å². The molecule has 0 amide bonds. The van der Waals surface area contributed by atoms with Crippen molar-refractivity contribution < 1.29 is 0 Å². The highest BCUT2D eigenvalue weighted by Gasteiger charge is 2.25. The van der Waals surface area contributed by atoms with Crippen molar-refractivity contribution in [2.75, 3.05) is 0 Å². The van der Waals surface area contributed by atoms with E-state index in [-0.39, 0.29) is 11.6 Å². The highest BCUT2D eigenvalue weighted by Crippen LogP contribution is 2.29. The summed E-state index contributed by atoms with van der Waals surface area (Å²) in [7, 11) is 0. The summed E-state index contributed by atoms with van der Waals surface area (Å²) in [6.45, 7) is 4.19. The molecule has 0 saturated heterocycles. The molecule has 1 N–H and O–H groups in total. The Bertz CT molecular complexity index is 1710. The smallest absolute Gasteiger partial charge is 0.262 e. The van der Waals surface area contributed by atoms with Gasteiger partial charge in [0.25, 0.3) is 5.56 Å². The van der Waals surface area contributed by atoms with Crippen LogP contribution in [0.15, 0.2) is 102 Å². The molecule has 5 nitrogen and oxygen atoms in total. The average molecular weight is 471 g/mol. The van der Waals surface area contributed by atoms with Gasteiger partial charge in [0.15, 0.2) is 0 Å². The van der Waals surface area contributed by atoms with E-state index in [0.717, 1.165) is 28.0 Å². The monoisotopic (exact) mass is 470 g/mol. The Labute approximate surface area is 209 Å². The van der Waals surface area contributed by atoms with E-state index in [1.807, 2.05) is 77.4 Å². The highest BCUT2D eigenvalue weighted by molar-refractivity contribution is 5.80. The van der Waals surface area contributed by atoms with E-state index in [4.69, 9.17) is 9.97 Å². The van der Waals surface area contributed by atoms with Crippen LogP contribution >= 0.6 is 0 Å². The first-order chi connectivity index (χ1) is 17.6. The van der Waals surface area contributed by atoms with Gasteiger partial charge in [-0.25, -0.2) is 9.97 Å². The minimum Gasteiger partial charge on any atom is -0.340 e. The van der Waals surface area contributed by atoms with Gasteiger partial charge in [-0.3, -0.25) is 9.36 Å². The third-order valence-electron chi connectivity index (χ3n) is 6.85. The molecule has 2 aromatic heterocycles. The van der Waals surface area contributed by atoms with Crippen LogP contribution in [0.2, 0.25) is 0 Å². The van der Waals surface area contributed by atoms with Crippen LogP contribution < -0.4 is 5.56 Å². The third-order valence-corrected chi connectivity index (χ3v) is 6.85. The lowest BCUT2D eigenvalue weighted by Gasteiger charge is -2.22. The van der Waals surface area contributed by atoms with Gasteiger partial charge in [0.1, 0.15) is 17.7 Å². The van der Waals surface area contributed by atoms with Crippen LogP contribution in [-0.4, -0.2) is 19.5 Å². The lowest BCUT2D eigenvalue weighted by atomic mass is 10.0. The van der Waals surface area contributed by atoms with Gasteiger partial charge >= 0.3 is 0 Å². The van der Waals surface area contributed by atoms with E-state index >= 15 is 0 Å². The first-order valence-electron chi connectivity index (χ1n) is 12.2. The van der Waals surface area contributed by atoms with Gasteiger partial charge in [0, 0.05) is 12.0 Å². The summed E-state index contributed by atoms with van der Waals surface area (Å²) >= 11 is 0. The summed E-state index contributed by atoms with van der Waals surface area (Å²) in [5, 5.41) is 0.595. The second-order valence-electron chi connectivity index (χ2n) is 9.27. The largest absolute Gasteiger partial charge is 0.340 e. The van der Waals surface area contributed by atoms with Gasteiger partial charge in [0.05, 0.1) is 21.9 Å². The summed E-state index contributed by atoms with van der Waals surface area (Å²) < 4.78 is 1.82. The zero-order valence-electron chi connectivity index (χ0n) is 20.3. The standard InChI is InChI=1S/C31H26N4O/c1-20-17-26-27(18-21(20)2)33-29(32-26)28(19-22-11-5-3-6-12-22)35-30(23-13-7-4-8-14-23)34-25-16-10-9-15-24(25)31(35)36/h3-18,28H,19H2,1-2H3,(H,32,33). The average Bonchev–Trinajstić information content (AvgIpc) is 3.31. The summed E-state index contributed by atoms with van der Waals surface area (Å²) in [6, 6.07) is 31.5. The molecule has 1 unspecified atom stereocenters. The molecule has 1 atom stereocenters. The number of rotatable bonds is 5. The molecule has 0 aliphatic heterocycles. The molecule has 0 spiro atoms. The molecule has 0 bridgehead atoms. The number of aromatic nitrogens is 4. The molecule has 6 aromatic rings. The van der Waals surface area contributed by atoms with Crippen molar-refractivity contribution in [3.8, 4) is 11.4 Å². The fraction of sp³-hybridized carbons (Fsp3) is 0.129. The number of para-hydroxylation sites is 1. The lowest BCUT2D eigenvalue weighted by molar-refractivity contribution is 0.540. The minimum atomic E-state index is -0.375. The molecule has 5 heteroatoms. The maximum absolute atomic E-state index is 14.1. The number of hydrogen-bond donors (Lipinski definition) is 1. The zero-order chi connectivity index (χ0) is 24.6. The van der Waals surface area contributed by atoms with Crippen LogP contribution in [0.25, 0.3) is 33.3 Å². The summed E-state index contributed by atoms with van der Waals surface area (Å²) in [5.41, 5.74) is 6.88. The second-order valence-corrected chi connectivity index (χ2v) is 9.27. The van der Waals surface area contributed by atoms with Crippen molar-refractivity contribution in [1.82, 2.24) is 19.5 Å². The molecule has 0 aliphatic carbocycles. The Morgan fingerprint density at radius 1 is 0.778 bits per heavy atom. The van der Waals surface area contributed by atoms with Gasteiger partial charge in [-0.1, -0.05) is 72.8 Å². The van der Waals surface area contributed by atoms with Crippen LogP contribution in [0.3, 0.4) is 0 Å². The topological polar surface area (TPSA) is 63.6 Å². The molecule has 0 radical (unpaired) electrons. The van der Waals surface area contributed by atoms with Crippen LogP contribution in [0, 0.1) is 13.8 Å². The van der Waals surface area contributed by atoms with Gasteiger partial charge in [-0.2, -0.15) is 0 Å². The Morgan fingerprint density at radius 3 is 2.22 bits per heavy atom. The van der Waals surface area contributed by atoms with Crippen molar-refractivity contribution >= 4 is 21.9 Å². The maximum Gasteiger partial charge on any atom is 0.262 e. The Balaban J connectivity index is 1.65. The van der Waals surface area contributed by atoms with E-state index in [9.17, 15) is 4.79 Å². The van der Waals surface area contributed by atoms with Crippen LogP contribution in [0.1, 0.15) is 28.6 Å². The fourth-order valence-corrected chi connectivity index (χ4v) is 4.82. The number of hydrogen-bond acceptors (Lipinski definition) is 3. The molecule has 4 aromatic carbocycles. The van der Waals surface area contributed by atoms with E-state index in [1.54, 1.807) is 0 Å².